The minimum Gasteiger partial charge on any atom is -0.491 e. The van der Waals surface area contributed by atoms with E-state index in [4.69, 9.17) is 14.2 Å². The summed E-state index contributed by atoms with van der Waals surface area (Å²) in [5.41, 5.74) is 1.61. The number of hydrogen-bond acceptors (Lipinski definition) is 8. The second kappa shape index (κ2) is 9.69. The maximum absolute atomic E-state index is 12.1. The van der Waals surface area contributed by atoms with Gasteiger partial charge < -0.3 is 19.5 Å². The SMILES string of the molecule is COc1cc(-c2sc(NC(=O)NCCOc3cccnc3)nc2C)cnc1OC. The number of aryl methyl sites for hydroxylation is 1. The zero-order chi connectivity index (χ0) is 20.6. The molecule has 0 saturated carbocycles. The van der Waals surface area contributed by atoms with Crippen LogP contribution in [0.2, 0.25) is 0 Å². The maximum atomic E-state index is 12.1. The standard InChI is InChI=1S/C19H21N5O4S/c1-12-16(13-9-15(26-2)17(27-3)22-10-13)29-19(23-12)24-18(25)21-7-8-28-14-5-4-6-20-11-14/h4-6,9-11H,7-8H2,1-3H3,(H2,21,23,24,25). The molecule has 0 aliphatic heterocycles. The normalized spacial score (nSPS) is 10.3. The van der Waals surface area contributed by atoms with E-state index in [9.17, 15) is 4.79 Å². The first-order valence-corrected chi connectivity index (χ1v) is 9.56. The number of pyridine rings is 2. The number of ether oxygens (including phenoxy) is 3. The number of urea groups is 1. The Morgan fingerprint density at radius 2 is 2.10 bits per heavy atom. The van der Waals surface area contributed by atoms with Gasteiger partial charge in [0, 0.05) is 18.0 Å². The van der Waals surface area contributed by atoms with Crippen LogP contribution in [0, 0.1) is 6.92 Å². The lowest BCUT2D eigenvalue weighted by molar-refractivity contribution is 0.247. The Hall–Kier alpha value is -3.40. The average molecular weight is 415 g/mol. The molecule has 0 fully saturated rings. The summed E-state index contributed by atoms with van der Waals surface area (Å²) < 4.78 is 15.9. The third-order valence-corrected chi connectivity index (χ3v) is 4.92. The van der Waals surface area contributed by atoms with Gasteiger partial charge >= 0.3 is 6.03 Å². The molecule has 0 aliphatic rings. The largest absolute Gasteiger partial charge is 0.491 e. The third kappa shape index (κ3) is 5.32. The number of rotatable bonds is 8. The van der Waals surface area contributed by atoms with Crippen molar-refractivity contribution >= 4 is 22.5 Å². The molecule has 152 valence electrons. The number of nitrogens with one attached hydrogen (secondary N) is 2. The van der Waals surface area contributed by atoms with E-state index in [0.29, 0.717) is 35.7 Å². The van der Waals surface area contributed by atoms with Gasteiger partial charge in [-0.1, -0.05) is 11.3 Å². The Kier molecular flexibility index (Phi) is 6.80. The number of carbonyl (C=O) groups is 1. The molecule has 29 heavy (non-hydrogen) atoms. The van der Waals surface area contributed by atoms with E-state index in [0.717, 1.165) is 16.1 Å². The van der Waals surface area contributed by atoms with Crippen molar-refractivity contribution in [2.75, 3.05) is 32.7 Å². The molecule has 3 aromatic heterocycles. The highest BCUT2D eigenvalue weighted by Gasteiger charge is 2.15. The molecule has 0 aliphatic carbocycles. The second-order valence-electron chi connectivity index (χ2n) is 5.79. The number of nitrogens with zero attached hydrogens (tertiary/aromatic N) is 3. The highest BCUT2D eigenvalue weighted by molar-refractivity contribution is 7.19. The molecule has 0 unspecified atom stereocenters. The molecule has 0 aromatic carbocycles. The highest BCUT2D eigenvalue weighted by Crippen LogP contribution is 2.36. The van der Waals surface area contributed by atoms with Crippen LogP contribution in [0.15, 0.2) is 36.8 Å². The molecule has 2 N–H and O–H groups in total. The van der Waals surface area contributed by atoms with Crippen molar-refractivity contribution in [1.29, 1.82) is 0 Å². The van der Waals surface area contributed by atoms with E-state index < -0.39 is 0 Å². The van der Waals surface area contributed by atoms with E-state index in [-0.39, 0.29) is 6.03 Å². The molecule has 9 nitrogen and oxygen atoms in total. The summed E-state index contributed by atoms with van der Waals surface area (Å²) in [6.07, 6.45) is 4.96. The van der Waals surface area contributed by atoms with Gasteiger partial charge in [-0.15, -0.1) is 0 Å². The first-order chi connectivity index (χ1) is 14.1. The molecule has 0 atom stereocenters. The second-order valence-corrected chi connectivity index (χ2v) is 6.79. The minimum atomic E-state index is -0.356. The number of anilines is 1. The van der Waals surface area contributed by atoms with Gasteiger partial charge in [-0.3, -0.25) is 10.3 Å². The van der Waals surface area contributed by atoms with Crippen molar-refractivity contribution in [3.8, 4) is 27.8 Å². The molecular weight excluding hydrogens is 394 g/mol. The summed E-state index contributed by atoms with van der Waals surface area (Å²) in [5.74, 6) is 1.58. The first-order valence-electron chi connectivity index (χ1n) is 8.74. The van der Waals surface area contributed by atoms with Gasteiger partial charge in [0.2, 0.25) is 0 Å². The lowest BCUT2D eigenvalue weighted by atomic mass is 10.2. The Morgan fingerprint density at radius 3 is 2.83 bits per heavy atom. The summed E-state index contributed by atoms with van der Waals surface area (Å²) >= 11 is 1.35. The van der Waals surface area contributed by atoms with Crippen LogP contribution in [0.3, 0.4) is 0 Å². The van der Waals surface area contributed by atoms with Crippen molar-refractivity contribution in [2.24, 2.45) is 0 Å². The van der Waals surface area contributed by atoms with Crippen molar-refractivity contribution in [3.05, 3.63) is 42.5 Å². The molecule has 2 amide bonds. The molecule has 0 saturated heterocycles. The fourth-order valence-electron chi connectivity index (χ4n) is 2.48. The van der Waals surface area contributed by atoms with E-state index in [1.165, 1.54) is 18.4 Å². The Bertz CT molecular complexity index is 964. The molecule has 10 heteroatoms. The van der Waals surface area contributed by atoms with Gasteiger partial charge in [-0.2, -0.15) is 0 Å². The maximum Gasteiger partial charge on any atom is 0.321 e. The summed E-state index contributed by atoms with van der Waals surface area (Å²) in [7, 11) is 3.09. The number of methoxy groups -OCH3 is 2. The van der Waals surface area contributed by atoms with Crippen LogP contribution in [0.1, 0.15) is 5.69 Å². The topological polar surface area (TPSA) is 107 Å². The van der Waals surface area contributed by atoms with Crippen LogP contribution in [-0.4, -0.2) is 48.4 Å². The molecule has 0 radical (unpaired) electrons. The Labute approximate surface area is 172 Å². The van der Waals surface area contributed by atoms with E-state index >= 15 is 0 Å². The van der Waals surface area contributed by atoms with Gasteiger partial charge in [-0.25, -0.2) is 14.8 Å². The quantitative estimate of drug-likeness (QED) is 0.544. The number of carbonyl (C=O) groups excluding carboxylic acids is 1. The van der Waals surface area contributed by atoms with Gasteiger partial charge in [0.25, 0.3) is 5.88 Å². The molecule has 0 spiro atoms. The monoisotopic (exact) mass is 415 g/mol. The lowest BCUT2D eigenvalue weighted by Crippen LogP contribution is -2.32. The van der Waals surface area contributed by atoms with Gasteiger partial charge in [0.15, 0.2) is 10.9 Å². The molecular formula is C19H21N5O4S. The zero-order valence-electron chi connectivity index (χ0n) is 16.3. The summed E-state index contributed by atoms with van der Waals surface area (Å²) in [5, 5.41) is 5.95. The van der Waals surface area contributed by atoms with Crippen LogP contribution >= 0.6 is 11.3 Å². The Morgan fingerprint density at radius 1 is 1.24 bits per heavy atom. The van der Waals surface area contributed by atoms with E-state index in [2.05, 4.69) is 25.6 Å². The Balaban J connectivity index is 1.56. The van der Waals surface area contributed by atoms with Crippen LogP contribution in [0.4, 0.5) is 9.93 Å². The summed E-state index contributed by atoms with van der Waals surface area (Å²) in [6.45, 7) is 2.55. The smallest absolute Gasteiger partial charge is 0.321 e. The average Bonchev–Trinajstić information content (AvgIpc) is 3.11. The van der Waals surface area contributed by atoms with E-state index in [1.807, 2.05) is 13.0 Å². The highest BCUT2D eigenvalue weighted by atomic mass is 32.1. The predicted octanol–water partition coefficient (Wildman–Crippen LogP) is 3.13. The summed E-state index contributed by atoms with van der Waals surface area (Å²) in [4.78, 5) is 25.6. The molecule has 0 bridgehead atoms. The molecule has 3 heterocycles. The number of aromatic nitrogens is 3. The van der Waals surface area contributed by atoms with Crippen molar-refractivity contribution < 1.29 is 19.0 Å². The van der Waals surface area contributed by atoms with E-state index in [1.54, 1.807) is 37.8 Å². The lowest BCUT2D eigenvalue weighted by Gasteiger charge is -2.07. The van der Waals surface area contributed by atoms with Gasteiger partial charge in [-0.05, 0) is 25.1 Å². The fourth-order valence-corrected chi connectivity index (χ4v) is 3.42. The predicted molar refractivity (Wildman–Crippen MR) is 110 cm³/mol. The van der Waals surface area contributed by atoms with Crippen LogP contribution in [0.25, 0.3) is 10.4 Å². The third-order valence-electron chi connectivity index (χ3n) is 3.80. The summed E-state index contributed by atoms with van der Waals surface area (Å²) in [6, 6.07) is 5.05. The fraction of sp³-hybridized carbons (Fsp3) is 0.263. The van der Waals surface area contributed by atoms with Gasteiger partial charge in [0.05, 0.1) is 37.5 Å². The number of thiazole rings is 1. The van der Waals surface area contributed by atoms with Crippen molar-refractivity contribution in [1.82, 2.24) is 20.3 Å². The number of amides is 2. The molecule has 3 aromatic rings. The minimum absolute atomic E-state index is 0.332. The van der Waals surface area contributed by atoms with Crippen LogP contribution in [-0.2, 0) is 0 Å². The number of hydrogen-bond donors (Lipinski definition) is 2. The first kappa shape index (κ1) is 20.3. The van der Waals surface area contributed by atoms with Crippen LogP contribution in [0.5, 0.6) is 17.4 Å². The van der Waals surface area contributed by atoms with Crippen molar-refractivity contribution in [3.63, 3.8) is 0 Å². The molecule has 3 rings (SSSR count). The van der Waals surface area contributed by atoms with Gasteiger partial charge in [0.1, 0.15) is 12.4 Å². The van der Waals surface area contributed by atoms with Crippen LogP contribution < -0.4 is 24.8 Å². The van der Waals surface area contributed by atoms with Crippen molar-refractivity contribution in [2.45, 2.75) is 6.92 Å². The zero-order valence-corrected chi connectivity index (χ0v) is 17.1.